The van der Waals surface area contributed by atoms with Crippen LogP contribution in [0.25, 0.3) is 5.57 Å². The third-order valence-electron chi connectivity index (χ3n) is 5.07. The highest BCUT2D eigenvalue weighted by molar-refractivity contribution is 5.75. The van der Waals surface area contributed by atoms with Gasteiger partial charge in [-0.25, -0.2) is 17.6 Å². The molecule has 0 N–H and O–H groups in total. The molecule has 0 saturated heterocycles. The van der Waals surface area contributed by atoms with Crippen LogP contribution in [0.1, 0.15) is 42.9 Å². The number of Topliss-reactive ketones (excluding diaryl/α,β-unsaturated/α-hetero) is 1. The molecule has 0 spiro atoms. The molecule has 0 fully saturated rings. The minimum atomic E-state index is -2.91. The van der Waals surface area contributed by atoms with E-state index in [0.717, 1.165) is 5.56 Å². The molecule has 29 heavy (non-hydrogen) atoms. The van der Waals surface area contributed by atoms with Crippen molar-refractivity contribution in [1.29, 1.82) is 0 Å². The summed E-state index contributed by atoms with van der Waals surface area (Å²) in [4.78, 5) is 11.1. The zero-order chi connectivity index (χ0) is 21.2. The molecule has 0 aromatic heterocycles. The third kappa shape index (κ3) is 5.25. The van der Waals surface area contributed by atoms with Gasteiger partial charge in [0.2, 0.25) is 0 Å². The van der Waals surface area contributed by atoms with Crippen molar-refractivity contribution >= 4 is 11.4 Å². The van der Waals surface area contributed by atoms with Crippen LogP contribution in [0.2, 0.25) is 0 Å². The van der Waals surface area contributed by atoms with Gasteiger partial charge in [-0.2, -0.15) is 0 Å². The lowest BCUT2D eigenvalue weighted by Crippen LogP contribution is -2.12. The summed E-state index contributed by atoms with van der Waals surface area (Å²) in [6.45, 7) is 3.09. The van der Waals surface area contributed by atoms with Gasteiger partial charge in [0.1, 0.15) is 18.2 Å². The lowest BCUT2D eigenvalue weighted by Gasteiger charge is -2.13. The maximum Gasteiger partial charge on any atom is 0.255 e. The molecule has 0 aliphatic heterocycles. The molecule has 0 heterocycles. The van der Waals surface area contributed by atoms with Crippen molar-refractivity contribution in [2.75, 3.05) is 6.61 Å². The van der Waals surface area contributed by atoms with Crippen molar-refractivity contribution in [1.82, 2.24) is 0 Å². The molecule has 3 rings (SSSR count). The summed E-state index contributed by atoms with van der Waals surface area (Å²) >= 11 is 0. The normalized spacial score (nSPS) is 15.7. The van der Waals surface area contributed by atoms with E-state index in [-0.39, 0.29) is 18.1 Å². The quantitative estimate of drug-likeness (QED) is 0.523. The average molecular weight is 406 g/mol. The number of hydrogen-bond acceptors (Lipinski definition) is 2. The number of carbonyl (C=O) groups excluding carboxylic acids is 1. The van der Waals surface area contributed by atoms with E-state index in [9.17, 15) is 22.4 Å². The fourth-order valence-electron chi connectivity index (χ4n) is 3.51. The van der Waals surface area contributed by atoms with Crippen molar-refractivity contribution in [2.45, 2.75) is 45.5 Å². The highest BCUT2D eigenvalue weighted by Crippen LogP contribution is 2.44. The van der Waals surface area contributed by atoms with Gasteiger partial charge in [-0.15, -0.1) is 0 Å². The van der Waals surface area contributed by atoms with Gasteiger partial charge in [0.15, 0.2) is 11.6 Å². The van der Waals surface area contributed by atoms with Gasteiger partial charge in [0.25, 0.3) is 5.92 Å². The van der Waals surface area contributed by atoms with E-state index in [0.29, 0.717) is 35.1 Å². The van der Waals surface area contributed by atoms with Gasteiger partial charge in [-0.05, 0) is 72.4 Å². The lowest BCUT2D eigenvalue weighted by molar-refractivity contribution is -0.116. The Balaban J connectivity index is 1.79. The fraction of sp³-hybridized carbons (Fsp3) is 0.348. The number of ketones is 1. The van der Waals surface area contributed by atoms with Gasteiger partial charge < -0.3 is 9.53 Å². The minimum absolute atomic E-state index is 0.0183. The molecule has 6 heteroatoms. The van der Waals surface area contributed by atoms with E-state index in [2.05, 4.69) is 0 Å². The molecule has 1 aliphatic rings. The Labute approximate surface area is 167 Å². The highest BCUT2D eigenvalue weighted by Gasteiger charge is 2.39. The molecule has 0 saturated carbocycles. The first-order chi connectivity index (χ1) is 13.6. The minimum Gasteiger partial charge on any atom is -0.486 e. The molecule has 2 nitrogen and oxygen atoms in total. The fourth-order valence-corrected chi connectivity index (χ4v) is 3.51. The van der Waals surface area contributed by atoms with Gasteiger partial charge in [0, 0.05) is 19.3 Å². The predicted octanol–water partition coefficient (Wildman–Crippen LogP) is 6.06. The first-order valence-electron chi connectivity index (χ1n) is 9.40. The van der Waals surface area contributed by atoms with Crippen molar-refractivity contribution in [2.24, 2.45) is 0 Å². The second-order valence-electron chi connectivity index (χ2n) is 7.50. The van der Waals surface area contributed by atoms with E-state index in [4.69, 9.17) is 4.74 Å². The molecule has 2 aromatic rings. The number of benzene rings is 2. The zero-order valence-corrected chi connectivity index (χ0v) is 16.3. The first kappa shape index (κ1) is 21.1. The van der Waals surface area contributed by atoms with Crippen molar-refractivity contribution in [3.63, 3.8) is 0 Å². The number of rotatable bonds is 7. The molecule has 0 bridgehead atoms. The zero-order valence-electron chi connectivity index (χ0n) is 16.3. The Bertz CT molecular complexity index is 946. The van der Waals surface area contributed by atoms with Crippen LogP contribution < -0.4 is 4.74 Å². The van der Waals surface area contributed by atoms with Crippen LogP contribution in [-0.2, 0) is 11.2 Å². The number of halogens is 4. The number of carbonyl (C=O) groups is 1. The number of ether oxygens (including phenoxy) is 1. The molecule has 0 atom stereocenters. The molecule has 0 unspecified atom stereocenters. The second kappa shape index (κ2) is 8.39. The molecule has 2 aromatic carbocycles. The Kier molecular flexibility index (Phi) is 6.10. The Morgan fingerprint density at radius 3 is 2.45 bits per heavy atom. The van der Waals surface area contributed by atoms with Crippen molar-refractivity contribution in [3.8, 4) is 5.75 Å². The SMILES string of the molecule is CC(=O)CCc1cc(F)c(OCC2=C(c3ccc(F)cc3)CC(F)(F)C2)cc1C. The van der Waals surface area contributed by atoms with Crippen LogP contribution in [0.5, 0.6) is 5.75 Å². The average Bonchev–Trinajstić information content (AvgIpc) is 2.96. The summed E-state index contributed by atoms with van der Waals surface area (Å²) in [5.41, 5.74) is 2.78. The number of hydrogen-bond donors (Lipinski definition) is 0. The van der Waals surface area contributed by atoms with Crippen LogP contribution in [0, 0.1) is 18.6 Å². The lowest BCUT2D eigenvalue weighted by atomic mass is 10.0. The largest absolute Gasteiger partial charge is 0.486 e. The molecule has 0 amide bonds. The van der Waals surface area contributed by atoms with Crippen molar-refractivity contribution < 1.29 is 27.1 Å². The summed E-state index contributed by atoms with van der Waals surface area (Å²) in [6, 6.07) is 8.21. The molecular formula is C23H22F4O2. The summed E-state index contributed by atoms with van der Waals surface area (Å²) in [5, 5.41) is 0. The molecular weight excluding hydrogens is 384 g/mol. The molecule has 154 valence electrons. The first-order valence-corrected chi connectivity index (χ1v) is 9.40. The van der Waals surface area contributed by atoms with E-state index in [1.165, 1.54) is 43.3 Å². The molecule has 1 aliphatic carbocycles. The predicted molar refractivity (Wildman–Crippen MR) is 103 cm³/mol. The Morgan fingerprint density at radius 2 is 1.79 bits per heavy atom. The Morgan fingerprint density at radius 1 is 1.10 bits per heavy atom. The standard InChI is InChI=1S/C23H22F4O2/c1-14-9-22(21(25)10-17(14)4-3-15(2)28)29-13-18-11-23(26,27)12-20(18)16-5-7-19(24)8-6-16/h5-10H,3-4,11-13H2,1-2H3. The summed E-state index contributed by atoms with van der Waals surface area (Å²) in [6.07, 6.45) is -0.173. The van der Waals surface area contributed by atoms with Gasteiger partial charge >= 0.3 is 0 Å². The third-order valence-corrected chi connectivity index (χ3v) is 5.07. The van der Waals surface area contributed by atoms with Gasteiger partial charge in [-0.3, -0.25) is 0 Å². The maximum absolute atomic E-state index is 14.4. The topological polar surface area (TPSA) is 26.3 Å². The van der Waals surface area contributed by atoms with Crippen LogP contribution in [0.3, 0.4) is 0 Å². The van der Waals surface area contributed by atoms with Crippen LogP contribution in [0.4, 0.5) is 17.6 Å². The van der Waals surface area contributed by atoms with Crippen LogP contribution in [0.15, 0.2) is 42.0 Å². The smallest absolute Gasteiger partial charge is 0.255 e. The number of aryl methyl sites for hydroxylation is 2. The highest BCUT2D eigenvalue weighted by atomic mass is 19.3. The monoisotopic (exact) mass is 406 g/mol. The summed E-state index contributed by atoms with van der Waals surface area (Å²) in [5.74, 6) is -3.95. The number of allylic oxidation sites excluding steroid dienone is 1. The van der Waals surface area contributed by atoms with Crippen LogP contribution in [-0.4, -0.2) is 18.3 Å². The van der Waals surface area contributed by atoms with E-state index >= 15 is 0 Å². The molecule has 0 radical (unpaired) electrons. The van der Waals surface area contributed by atoms with Gasteiger partial charge in [-0.1, -0.05) is 12.1 Å². The number of alkyl halides is 2. The summed E-state index contributed by atoms with van der Waals surface area (Å²) in [7, 11) is 0. The van der Waals surface area contributed by atoms with E-state index in [1.807, 2.05) is 0 Å². The summed E-state index contributed by atoms with van der Waals surface area (Å²) < 4.78 is 61.1. The van der Waals surface area contributed by atoms with Gasteiger partial charge in [0.05, 0.1) is 0 Å². The van der Waals surface area contributed by atoms with E-state index < -0.39 is 30.4 Å². The van der Waals surface area contributed by atoms with Crippen molar-refractivity contribution in [3.05, 3.63) is 70.3 Å². The maximum atomic E-state index is 14.4. The van der Waals surface area contributed by atoms with E-state index in [1.54, 1.807) is 6.92 Å². The van der Waals surface area contributed by atoms with Crippen LogP contribution >= 0.6 is 0 Å². The Hall–Kier alpha value is -2.63. The second-order valence-corrected chi connectivity index (χ2v) is 7.50.